The smallest absolute Gasteiger partial charge is 0.106 e. The Hall–Kier alpha value is -2.13. The SMILES string of the molecule is Cc1cc(C(O)c2c[nH]c3ccccc23)ccn1. The van der Waals surface area contributed by atoms with Crippen LogP contribution < -0.4 is 0 Å². The van der Waals surface area contributed by atoms with E-state index in [0.717, 1.165) is 27.7 Å². The lowest BCUT2D eigenvalue weighted by Crippen LogP contribution is -1.99. The van der Waals surface area contributed by atoms with Crippen LogP contribution >= 0.6 is 0 Å². The Morgan fingerprint density at radius 1 is 1.22 bits per heavy atom. The highest BCUT2D eigenvalue weighted by Crippen LogP contribution is 2.28. The zero-order valence-corrected chi connectivity index (χ0v) is 10.1. The van der Waals surface area contributed by atoms with Crippen LogP contribution in [0.3, 0.4) is 0 Å². The molecule has 1 aromatic carbocycles. The maximum atomic E-state index is 10.5. The van der Waals surface area contributed by atoms with E-state index < -0.39 is 6.10 Å². The molecule has 0 fully saturated rings. The molecule has 0 aliphatic carbocycles. The number of aromatic amines is 1. The number of fused-ring (bicyclic) bond motifs is 1. The number of aliphatic hydroxyl groups is 1. The van der Waals surface area contributed by atoms with Crippen molar-refractivity contribution in [2.75, 3.05) is 0 Å². The van der Waals surface area contributed by atoms with E-state index in [9.17, 15) is 5.11 Å². The van der Waals surface area contributed by atoms with Crippen molar-refractivity contribution >= 4 is 10.9 Å². The van der Waals surface area contributed by atoms with Gasteiger partial charge < -0.3 is 10.1 Å². The van der Waals surface area contributed by atoms with Gasteiger partial charge in [-0.25, -0.2) is 0 Å². The Kier molecular flexibility index (Phi) is 2.61. The third kappa shape index (κ3) is 1.79. The predicted octanol–water partition coefficient (Wildman–Crippen LogP) is 2.95. The van der Waals surface area contributed by atoms with E-state index in [-0.39, 0.29) is 0 Å². The lowest BCUT2D eigenvalue weighted by Gasteiger charge is -2.10. The highest BCUT2D eigenvalue weighted by molar-refractivity contribution is 5.83. The van der Waals surface area contributed by atoms with Crippen LogP contribution in [0.1, 0.15) is 22.9 Å². The average Bonchev–Trinajstić information content (AvgIpc) is 2.82. The van der Waals surface area contributed by atoms with E-state index in [1.807, 2.05) is 49.5 Å². The zero-order chi connectivity index (χ0) is 12.5. The summed E-state index contributed by atoms with van der Waals surface area (Å²) in [4.78, 5) is 7.32. The van der Waals surface area contributed by atoms with E-state index in [1.54, 1.807) is 6.20 Å². The molecule has 0 spiro atoms. The number of pyridine rings is 1. The summed E-state index contributed by atoms with van der Waals surface area (Å²) in [5.41, 5.74) is 3.71. The molecule has 1 atom stereocenters. The number of benzene rings is 1. The number of rotatable bonds is 2. The van der Waals surface area contributed by atoms with Gasteiger partial charge in [0.2, 0.25) is 0 Å². The highest BCUT2D eigenvalue weighted by Gasteiger charge is 2.14. The molecule has 0 saturated carbocycles. The number of hydrogen-bond donors (Lipinski definition) is 2. The summed E-state index contributed by atoms with van der Waals surface area (Å²) >= 11 is 0. The summed E-state index contributed by atoms with van der Waals surface area (Å²) in [6, 6.07) is 11.7. The van der Waals surface area contributed by atoms with Crippen LogP contribution in [0.4, 0.5) is 0 Å². The number of H-pyrrole nitrogens is 1. The normalized spacial score (nSPS) is 12.8. The number of nitrogens with zero attached hydrogens (tertiary/aromatic N) is 1. The first-order chi connectivity index (χ1) is 8.75. The Labute approximate surface area is 105 Å². The summed E-state index contributed by atoms with van der Waals surface area (Å²) in [5, 5.41) is 11.5. The van der Waals surface area contributed by atoms with Crippen molar-refractivity contribution in [2.24, 2.45) is 0 Å². The molecular formula is C15H14N2O. The molecule has 0 amide bonds. The minimum atomic E-state index is -0.622. The van der Waals surface area contributed by atoms with Crippen molar-refractivity contribution in [1.29, 1.82) is 0 Å². The molecule has 2 aromatic heterocycles. The van der Waals surface area contributed by atoms with Gasteiger partial charge in [0.1, 0.15) is 6.10 Å². The second-order valence-electron chi connectivity index (χ2n) is 4.42. The third-order valence-corrected chi connectivity index (χ3v) is 3.15. The van der Waals surface area contributed by atoms with E-state index in [2.05, 4.69) is 9.97 Å². The first-order valence-corrected chi connectivity index (χ1v) is 5.92. The van der Waals surface area contributed by atoms with Gasteiger partial charge in [0, 0.05) is 34.6 Å². The molecule has 0 bridgehead atoms. The molecule has 3 heteroatoms. The molecule has 1 unspecified atom stereocenters. The van der Waals surface area contributed by atoms with E-state index in [4.69, 9.17) is 0 Å². The van der Waals surface area contributed by atoms with E-state index >= 15 is 0 Å². The maximum Gasteiger partial charge on any atom is 0.106 e. The number of nitrogens with one attached hydrogen (secondary N) is 1. The molecule has 2 heterocycles. The van der Waals surface area contributed by atoms with Gasteiger partial charge in [-0.3, -0.25) is 4.98 Å². The number of aliphatic hydroxyl groups excluding tert-OH is 1. The minimum Gasteiger partial charge on any atom is -0.384 e. The van der Waals surface area contributed by atoms with Crippen molar-refractivity contribution in [3.8, 4) is 0 Å². The fourth-order valence-corrected chi connectivity index (χ4v) is 2.24. The largest absolute Gasteiger partial charge is 0.384 e. The van der Waals surface area contributed by atoms with E-state index in [1.165, 1.54) is 0 Å². The van der Waals surface area contributed by atoms with Crippen LogP contribution in [0, 0.1) is 6.92 Å². The minimum absolute atomic E-state index is 0.622. The summed E-state index contributed by atoms with van der Waals surface area (Å²) < 4.78 is 0. The summed E-state index contributed by atoms with van der Waals surface area (Å²) in [5.74, 6) is 0. The Morgan fingerprint density at radius 2 is 2.06 bits per heavy atom. The third-order valence-electron chi connectivity index (χ3n) is 3.15. The van der Waals surface area contributed by atoms with E-state index in [0.29, 0.717) is 0 Å². The van der Waals surface area contributed by atoms with Crippen molar-refractivity contribution in [3.63, 3.8) is 0 Å². The highest BCUT2D eigenvalue weighted by atomic mass is 16.3. The Morgan fingerprint density at radius 3 is 2.89 bits per heavy atom. The zero-order valence-electron chi connectivity index (χ0n) is 10.1. The standard InChI is InChI=1S/C15H14N2O/c1-10-8-11(6-7-16-10)15(18)13-9-17-14-5-3-2-4-12(13)14/h2-9,15,17-18H,1H3. The number of para-hydroxylation sites is 1. The monoisotopic (exact) mass is 238 g/mol. The van der Waals surface area contributed by atoms with Gasteiger partial charge in [0.25, 0.3) is 0 Å². The molecule has 0 radical (unpaired) electrons. The van der Waals surface area contributed by atoms with Gasteiger partial charge in [-0.1, -0.05) is 18.2 Å². The molecule has 3 aromatic rings. The number of hydrogen-bond acceptors (Lipinski definition) is 2. The van der Waals surface area contributed by atoms with Crippen LogP contribution in [0.25, 0.3) is 10.9 Å². The Bertz CT molecular complexity index is 688. The number of aryl methyl sites for hydroxylation is 1. The van der Waals surface area contributed by atoms with Crippen molar-refractivity contribution in [3.05, 3.63) is 65.6 Å². The van der Waals surface area contributed by atoms with Crippen molar-refractivity contribution in [1.82, 2.24) is 9.97 Å². The quantitative estimate of drug-likeness (QED) is 0.721. The maximum absolute atomic E-state index is 10.5. The molecule has 18 heavy (non-hydrogen) atoms. The second kappa shape index (κ2) is 4.27. The molecule has 0 saturated heterocycles. The topological polar surface area (TPSA) is 48.9 Å². The van der Waals surface area contributed by atoms with Crippen LogP contribution in [-0.4, -0.2) is 15.1 Å². The van der Waals surface area contributed by atoms with Gasteiger partial charge in [0.05, 0.1) is 0 Å². The summed E-state index contributed by atoms with van der Waals surface area (Å²) in [6.45, 7) is 1.92. The van der Waals surface area contributed by atoms with Crippen molar-refractivity contribution < 1.29 is 5.11 Å². The molecule has 3 nitrogen and oxygen atoms in total. The van der Waals surface area contributed by atoms with Crippen LogP contribution in [-0.2, 0) is 0 Å². The second-order valence-corrected chi connectivity index (χ2v) is 4.42. The molecule has 90 valence electrons. The lowest BCUT2D eigenvalue weighted by molar-refractivity contribution is 0.221. The fraction of sp³-hybridized carbons (Fsp3) is 0.133. The Balaban J connectivity index is 2.09. The summed E-state index contributed by atoms with van der Waals surface area (Å²) in [6.07, 6.45) is 2.97. The van der Waals surface area contributed by atoms with Crippen LogP contribution in [0.5, 0.6) is 0 Å². The van der Waals surface area contributed by atoms with Gasteiger partial charge >= 0.3 is 0 Å². The molecular weight excluding hydrogens is 224 g/mol. The predicted molar refractivity (Wildman–Crippen MR) is 71.3 cm³/mol. The van der Waals surface area contributed by atoms with Gasteiger partial charge in [0.15, 0.2) is 0 Å². The summed E-state index contributed by atoms with van der Waals surface area (Å²) in [7, 11) is 0. The van der Waals surface area contributed by atoms with Gasteiger partial charge in [-0.2, -0.15) is 0 Å². The van der Waals surface area contributed by atoms with Gasteiger partial charge in [-0.15, -0.1) is 0 Å². The average molecular weight is 238 g/mol. The van der Waals surface area contributed by atoms with Gasteiger partial charge in [-0.05, 0) is 30.7 Å². The first-order valence-electron chi connectivity index (χ1n) is 5.92. The molecule has 3 rings (SSSR count). The number of aromatic nitrogens is 2. The van der Waals surface area contributed by atoms with Crippen molar-refractivity contribution in [2.45, 2.75) is 13.0 Å². The fourth-order valence-electron chi connectivity index (χ4n) is 2.24. The molecule has 2 N–H and O–H groups in total. The lowest BCUT2D eigenvalue weighted by atomic mass is 10.0. The van der Waals surface area contributed by atoms with Crippen LogP contribution in [0.2, 0.25) is 0 Å². The molecule has 0 aliphatic heterocycles. The first kappa shape index (κ1) is 11.0. The van der Waals surface area contributed by atoms with Crippen LogP contribution in [0.15, 0.2) is 48.8 Å². The molecule has 0 aliphatic rings.